The minimum atomic E-state index is -0.0768. The Labute approximate surface area is 152 Å². The van der Waals surface area contributed by atoms with Crippen LogP contribution in [0.2, 0.25) is 0 Å². The summed E-state index contributed by atoms with van der Waals surface area (Å²) in [6.45, 7) is 2.22. The first kappa shape index (κ1) is 17.0. The van der Waals surface area contributed by atoms with Crippen LogP contribution in [0.1, 0.15) is 48.7 Å². The number of likely N-dealkylation sites (tertiary alicyclic amines) is 1. The van der Waals surface area contributed by atoms with E-state index >= 15 is 0 Å². The molecule has 2 amide bonds. The smallest absolute Gasteiger partial charge is 0.317 e. The third-order valence-electron chi connectivity index (χ3n) is 4.84. The highest BCUT2D eigenvalue weighted by molar-refractivity contribution is 5.74. The van der Waals surface area contributed by atoms with E-state index in [1.165, 1.54) is 12.8 Å². The van der Waals surface area contributed by atoms with Crippen LogP contribution in [0.5, 0.6) is 0 Å². The van der Waals surface area contributed by atoms with Crippen molar-refractivity contribution >= 4 is 6.03 Å². The first-order valence-corrected chi connectivity index (χ1v) is 9.28. The van der Waals surface area contributed by atoms with Gasteiger partial charge in [0.1, 0.15) is 11.5 Å². The maximum atomic E-state index is 12.4. The molecule has 138 valence electrons. The Morgan fingerprint density at radius 3 is 3.04 bits per heavy atom. The zero-order valence-electron chi connectivity index (χ0n) is 14.8. The summed E-state index contributed by atoms with van der Waals surface area (Å²) in [5, 5.41) is 6.96. The van der Waals surface area contributed by atoms with Crippen LogP contribution >= 0.6 is 0 Å². The van der Waals surface area contributed by atoms with E-state index in [1.807, 2.05) is 29.2 Å². The number of hydrogen-bond donors (Lipinski definition) is 1. The second-order valence-electron chi connectivity index (χ2n) is 7.00. The zero-order valence-corrected chi connectivity index (χ0v) is 14.8. The van der Waals surface area contributed by atoms with E-state index in [4.69, 9.17) is 9.26 Å². The lowest BCUT2D eigenvalue weighted by Gasteiger charge is -2.32. The van der Waals surface area contributed by atoms with Crippen molar-refractivity contribution in [3.8, 4) is 0 Å². The molecule has 1 aliphatic heterocycles. The van der Waals surface area contributed by atoms with E-state index in [1.54, 1.807) is 6.20 Å². The number of ether oxygens (including phenoxy) is 1. The Hall–Kier alpha value is -2.41. The van der Waals surface area contributed by atoms with Crippen molar-refractivity contribution in [3.05, 3.63) is 47.6 Å². The number of carbonyl (C=O) groups excluding carboxylic acids is 1. The molecule has 0 spiro atoms. The number of hydrogen-bond acceptors (Lipinski definition) is 5. The van der Waals surface area contributed by atoms with Gasteiger partial charge in [-0.05, 0) is 37.8 Å². The largest absolute Gasteiger partial charge is 0.370 e. The van der Waals surface area contributed by atoms with Crippen molar-refractivity contribution in [1.82, 2.24) is 20.4 Å². The molecule has 7 heteroatoms. The second kappa shape index (κ2) is 7.86. The van der Waals surface area contributed by atoms with Crippen molar-refractivity contribution < 1.29 is 14.1 Å². The highest BCUT2D eigenvalue weighted by atomic mass is 16.5. The van der Waals surface area contributed by atoms with Gasteiger partial charge >= 0.3 is 6.03 Å². The average molecular weight is 356 g/mol. The summed E-state index contributed by atoms with van der Waals surface area (Å²) in [6, 6.07) is 7.66. The van der Waals surface area contributed by atoms with Crippen molar-refractivity contribution in [1.29, 1.82) is 0 Å². The number of aromatic nitrogens is 2. The number of nitrogens with zero attached hydrogens (tertiary/aromatic N) is 3. The Kier molecular flexibility index (Phi) is 5.15. The van der Waals surface area contributed by atoms with Crippen LogP contribution in [0.25, 0.3) is 0 Å². The molecule has 0 aromatic carbocycles. The summed E-state index contributed by atoms with van der Waals surface area (Å²) >= 11 is 0. The lowest BCUT2D eigenvalue weighted by atomic mass is 10.1. The molecule has 1 atom stereocenters. The lowest BCUT2D eigenvalue weighted by molar-refractivity contribution is -0.00169. The van der Waals surface area contributed by atoms with Crippen LogP contribution in [0.4, 0.5) is 4.79 Å². The van der Waals surface area contributed by atoms with Crippen molar-refractivity contribution in [2.24, 2.45) is 0 Å². The van der Waals surface area contributed by atoms with Gasteiger partial charge in [-0.2, -0.15) is 0 Å². The Morgan fingerprint density at radius 2 is 2.23 bits per heavy atom. The molecule has 2 aliphatic rings. The fraction of sp³-hybridized carbons (Fsp3) is 0.526. The standard InChI is InChI=1S/C19H24N4O3/c24-19(21-11-16-10-18(26-22-16)14-6-7-14)23-9-3-5-17(12-23)25-13-15-4-1-2-8-20-15/h1-2,4,8,10,14,17H,3,5-7,9,11-13H2,(H,21,24)/t17-/m1/s1. The van der Waals surface area contributed by atoms with Crippen LogP contribution in [-0.4, -0.2) is 40.3 Å². The SMILES string of the molecule is O=C(NCc1cc(C2CC2)on1)N1CCC[C@@H](OCc2ccccn2)C1. The number of piperidine rings is 1. The summed E-state index contributed by atoms with van der Waals surface area (Å²) in [5.41, 5.74) is 1.69. The zero-order chi connectivity index (χ0) is 17.8. The van der Waals surface area contributed by atoms with Gasteiger partial charge in [0.05, 0.1) is 24.9 Å². The molecule has 0 unspecified atom stereocenters. The molecule has 0 bridgehead atoms. The van der Waals surface area contributed by atoms with Crippen molar-refractivity contribution in [2.75, 3.05) is 13.1 Å². The van der Waals surface area contributed by atoms with Crippen LogP contribution < -0.4 is 5.32 Å². The fourth-order valence-electron chi connectivity index (χ4n) is 3.20. The van der Waals surface area contributed by atoms with E-state index in [0.717, 1.165) is 36.5 Å². The molecule has 2 aromatic rings. The Balaban J connectivity index is 1.23. The van der Waals surface area contributed by atoms with Crippen LogP contribution in [-0.2, 0) is 17.9 Å². The van der Waals surface area contributed by atoms with E-state index < -0.39 is 0 Å². The summed E-state index contributed by atoms with van der Waals surface area (Å²) in [6.07, 6.45) is 6.06. The van der Waals surface area contributed by atoms with Gasteiger partial charge in [0.2, 0.25) is 0 Å². The summed E-state index contributed by atoms with van der Waals surface area (Å²) in [5.74, 6) is 1.47. The lowest BCUT2D eigenvalue weighted by Crippen LogP contribution is -2.47. The van der Waals surface area contributed by atoms with Crippen LogP contribution in [0.15, 0.2) is 35.0 Å². The predicted octanol–water partition coefficient (Wildman–Crippen LogP) is 2.84. The molecule has 1 saturated carbocycles. The van der Waals surface area contributed by atoms with Crippen molar-refractivity contribution in [3.63, 3.8) is 0 Å². The number of nitrogens with one attached hydrogen (secondary N) is 1. The van der Waals surface area contributed by atoms with Crippen LogP contribution in [0, 0.1) is 0 Å². The van der Waals surface area contributed by atoms with E-state index in [9.17, 15) is 4.79 Å². The van der Waals surface area contributed by atoms with Gasteiger partial charge in [-0.1, -0.05) is 11.2 Å². The minimum absolute atomic E-state index is 0.0463. The van der Waals surface area contributed by atoms with E-state index in [2.05, 4.69) is 15.5 Å². The van der Waals surface area contributed by atoms with E-state index in [0.29, 0.717) is 25.6 Å². The highest BCUT2D eigenvalue weighted by Gasteiger charge is 2.28. The molecule has 0 radical (unpaired) electrons. The monoisotopic (exact) mass is 356 g/mol. The van der Waals surface area contributed by atoms with E-state index in [-0.39, 0.29) is 12.1 Å². The first-order valence-electron chi connectivity index (χ1n) is 9.28. The Morgan fingerprint density at radius 1 is 1.31 bits per heavy atom. The molecule has 26 heavy (non-hydrogen) atoms. The predicted molar refractivity (Wildman–Crippen MR) is 94.3 cm³/mol. The number of urea groups is 1. The molecular weight excluding hydrogens is 332 g/mol. The third kappa shape index (κ3) is 4.40. The van der Waals surface area contributed by atoms with Gasteiger partial charge < -0.3 is 19.5 Å². The van der Waals surface area contributed by atoms with Gasteiger partial charge in [0.15, 0.2) is 0 Å². The maximum absolute atomic E-state index is 12.4. The molecule has 2 aromatic heterocycles. The van der Waals surface area contributed by atoms with Gasteiger partial charge in [-0.25, -0.2) is 4.79 Å². The molecular formula is C19H24N4O3. The number of amides is 2. The normalized spacial score (nSPS) is 20.2. The summed E-state index contributed by atoms with van der Waals surface area (Å²) < 4.78 is 11.3. The van der Waals surface area contributed by atoms with Crippen molar-refractivity contribution in [2.45, 2.75) is 50.9 Å². The molecule has 1 aliphatic carbocycles. The first-order chi connectivity index (χ1) is 12.8. The molecule has 2 fully saturated rings. The fourth-order valence-corrected chi connectivity index (χ4v) is 3.20. The maximum Gasteiger partial charge on any atom is 0.317 e. The molecule has 4 rings (SSSR count). The quantitative estimate of drug-likeness (QED) is 0.861. The molecule has 3 heterocycles. The van der Waals surface area contributed by atoms with Gasteiger partial charge in [0.25, 0.3) is 0 Å². The molecule has 1 saturated heterocycles. The topological polar surface area (TPSA) is 80.5 Å². The second-order valence-corrected chi connectivity index (χ2v) is 7.00. The number of pyridine rings is 1. The Bertz CT molecular complexity index is 729. The van der Waals surface area contributed by atoms with Crippen LogP contribution in [0.3, 0.4) is 0 Å². The van der Waals surface area contributed by atoms with Gasteiger partial charge in [0, 0.05) is 31.3 Å². The summed E-state index contributed by atoms with van der Waals surface area (Å²) in [4.78, 5) is 18.5. The number of rotatable bonds is 6. The average Bonchev–Trinajstić information content (AvgIpc) is 3.44. The van der Waals surface area contributed by atoms with Gasteiger partial charge in [-0.3, -0.25) is 4.98 Å². The van der Waals surface area contributed by atoms with Gasteiger partial charge in [-0.15, -0.1) is 0 Å². The third-order valence-corrected chi connectivity index (χ3v) is 4.84. The molecule has 1 N–H and O–H groups in total. The summed E-state index contributed by atoms with van der Waals surface area (Å²) in [7, 11) is 0. The minimum Gasteiger partial charge on any atom is -0.370 e. The highest BCUT2D eigenvalue weighted by Crippen LogP contribution is 2.40. The molecule has 7 nitrogen and oxygen atoms in total. The number of carbonyl (C=O) groups is 1.